The quantitative estimate of drug-likeness (QED) is 0.690. The van der Waals surface area contributed by atoms with Gasteiger partial charge in [-0.25, -0.2) is 8.42 Å². The number of aryl methyl sites for hydroxylation is 1. The summed E-state index contributed by atoms with van der Waals surface area (Å²) < 4.78 is 37.1. The minimum absolute atomic E-state index is 0.151. The van der Waals surface area contributed by atoms with Gasteiger partial charge in [-0.3, -0.25) is 0 Å². The van der Waals surface area contributed by atoms with Crippen LogP contribution in [-0.4, -0.2) is 39.5 Å². The maximum atomic E-state index is 12.7. The molecule has 0 aromatic carbocycles. The van der Waals surface area contributed by atoms with Crippen molar-refractivity contribution < 1.29 is 17.6 Å². The highest BCUT2D eigenvalue weighted by Crippen LogP contribution is 2.25. The first-order chi connectivity index (χ1) is 9.32. The highest BCUT2D eigenvalue weighted by atomic mass is 35.5. The average Bonchev–Trinajstić information content (AvgIpc) is 2.76. The summed E-state index contributed by atoms with van der Waals surface area (Å²) in [5.41, 5.74) is 0. The zero-order valence-corrected chi connectivity index (χ0v) is 13.9. The summed E-state index contributed by atoms with van der Waals surface area (Å²) in [6.45, 7) is 6.69. The van der Waals surface area contributed by atoms with Crippen molar-refractivity contribution in [2.24, 2.45) is 5.92 Å². The maximum Gasteiger partial charge on any atom is 0.246 e. The lowest BCUT2D eigenvalue weighted by atomic mass is 10.2. The standard InChI is InChI=1S/C13H22ClNO4S/c1-10(2)9-15(5-6-18-4)20(16,17)13-7-12(8-14)19-11(13)3/h7,10H,5-6,8-9H2,1-4H3. The van der Waals surface area contributed by atoms with Gasteiger partial charge < -0.3 is 9.15 Å². The lowest BCUT2D eigenvalue weighted by Gasteiger charge is -2.23. The van der Waals surface area contributed by atoms with Crippen LogP contribution in [0.2, 0.25) is 0 Å². The number of rotatable bonds is 8. The molecular formula is C13H22ClNO4S. The van der Waals surface area contributed by atoms with Crippen molar-refractivity contribution in [3.63, 3.8) is 0 Å². The summed E-state index contributed by atoms with van der Waals surface area (Å²) in [4.78, 5) is 0.185. The van der Waals surface area contributed by atoms with Crippen molar-refractivity contribution in [1.29, 1.82) is 0 Å². The molecule has 0 atom stereocenters. The molecule has 0 aliphatic rings. The molecule has 1 aromatic heterocycles. The topological polar surface area (TPSA) is 59.8 Å². The third kappa shape index (κ3) is 4.22. The van der Waals surface area contributed by atoms with E-state index in [9.17, 15) is 8.42 Å². The van der Waals surface area contributed by atoms with Gasteiger partial charge in [0.05, 0.1) is 12.5 Å². The Labute approximate surface area is 125 Å². The summed E-state index contributed by atoms with van der Waals surface area (Å²) in [5.74, 6) is 1.20. The predicted octanol–water partition coefficient (Wildman–Crippen LogP) is 2.62. The number of alkyl halides is 1. The number of hydrogen-bond donors (Lipinski definition) is 0. The second-order valence-electron chi connectivity index (χ2n) is 5.02. The number of ether oxygens (including phenoxy) is 1. The Hall–Kier alpha value is -0.560. The molecule has 0 saturated heterocycles. The van der Waals surface area contributed by atoms with Gasteiger partial charge in [-0.15, -0.1) is 11.6 Å². The van der Waals surface area contributed by atoms with Crippen LogP contribution in [0.5, 0.6) is 0 Å². The van der Waals surface area contributed by atoms with Gasteiger partial charge in [0.15, 0.2) is 0 Å². The van der Waals surface area contributed by atoms with E-state index in [0.29, 0.717) is 31.2 Å². The molecule has 7 heteroatoms. The van der Waals surface area contributed by atoms with Crippen molar-refractivity contribution in [3.8, 4) is 0 Å². The number of hydrogen-bond acceptors (Lipinski definition) is 4. The van der Waals surface area contributed by atoms with Crippen LogP contribution < -0.4 is 0 Å². The Bertz CT molecular complexity index is 524. The number of sulfonamides is 1. The minimum Gasteiger partial charge on any atom is -0.464 e. The smallest absolute Gasteiger partial charge is 0.246 e. The molecule has 1 aromatic rings. The number of methoxy groups -OCH3 is 1. The van der Waals surface area contributed by atoms with Gasteiger partial charge >= 0.3 is 0 Å². The lowest BCUT2D eigenvalue weighted by molar-refractivity contribution is 0.175. The van der Waals surface area contributed by atoms with Gasteiger partial charge in [-0.1, -0.05) is 13.8 Å². The molecule has 0 bridgehead atoms. The third-order valence-corrected chi connectivity index (χ3v) is 5.02. The normalized spacial score (nSPS) is 12.6. The number of halogens is 1. The Morgan fingerprint density at radius 3 is 2.55 bits per heavy atom. The van der Waals surface area contributed by atoms with Crippen LogP contribution >= 0.6 is 11.6 Å². The fourth-order valence-corrected chi connectivity index (χ4v) is 3.80. The number of furan rings is 1. The first-order valence-corrected chi connectivity index (χ1v) is 8.44. The van der Waals surface area contributed by atoms with Crippen LogP contribution in [0, 0.1) is 12.8 Å². The van der Waals surface area contributed by atoms with Crippen LogP contribution in [0.4, 0.5) is 0 Å². The van der Waals surface area contributed by atoms with E-state index in [1.807, 2.05) is 13.8 Å². The molecule has 0 fully saturated rings. The van der Waals surface area contributed by atoms with E-state index >= 15 is 0 Å². The predicted molar refractivity (Wildman–Crippen MR) is 78.5 cm³/mol. The van der Waals surface area contributed by atoms with Crippen molar-refractivity contribution in [1.82, 2.24) is 4.31 Å². The Morgan fingerprint density at radius 2 is 2.10 bits per heavy atom. The molecule has 0 aliphatic heterocycles. The molecule has 0 spiro atoms. The summed E-state index contributed by atoms with van der Waals surface area (Å²) >= 11 is 5.69. The zero-order valence-electron chi connectivity index (χ0n) is 12.3. The van der Waals surface area contributed by atoms with Crippen molar-refractivity contribution in [2.45, 2.75) is 31.5 Å². The van der Waals surface area contributed by atoms with Crippen molar-refractivity contribution >= 4 is 21.6 Å². The van der Waals surface area contributed by atoms with Gasteiger partial charge in [0.2, 0.25) is 10.0 Å². The maximum absolute atomic E-state index is 12.7. The average molecular weight is 324 g/mol. The first-order valence-electron chi connectivity index (χ1n) is 6.47. The Morgan fingerprint density at radius 1 is 1.45 bits per heavy atom. The van der Waals surface area contributed by atoms with Crippen LogP contribution in [-0.2, 0) is 20.6 Å². The monoisotopic (exact) mass is 323 g/mol. The first kappa shape index (κ1) is 17.5. The van der Waals surface area contributed by atoms with E-state index in [0.717, 1.165) is 0 Å². The summed E-state index contributed by atoms with van der Waals surface area (Å²) in [6.07, 6.45) is 0. The van der Waals surface area contributed by atoms with E-state index in [1.165, 1.54) is 10.4 Å². The van der Waals surface area contributed by atoms with E-state index in [-0.39, 0.29) is 16.7 Å². The molecule has 0 N–H and O–H groups in total. The SMILES string of the molecule is COCCN(CC(C)C)S(=O)(=O)c1cc(CCl)oc1C. The van der Waals surface area contributed by atoms with Gasteiger partial charge in [0.1, 0.15) is 16.4 Å². The minimum atomic E-state index is -3.59. The van der Waals surface area contributed by atoms with Gasteiger partial charge in [-0.05, 0) is 12.8 Å². The fraction of sp³-hybridized carbons (Fsp3) is 0.692. The van der Waals surface area contributed by atoms with E-state index < -0.39 is 10.0 Å². The molecule has 0 aliphatic carbocycles. The van der Waals surface area contributed by atoms with Crippen LogP contribution in [0.25, 0.3) is 0 Å². The largest absolute Gasteiger partial charge is 0.464 e. The Balaban J connectivity index is 3.10. The summed E-state index contributed by atoms with van der Waals surface area (Å²) in [6, 6.07) is 1.50. The molecule has 20 heavy (non-hydrogen) atoms. The lowest BCUT2D eigenvalue weighted by Crippen LogP contribution is -2.36. The number of nitrogens with zero attached hydrogens (tertiary/aromatic N) is 1. The second-order valence-corrected chi connectivity index (χ2v) is 7.19. The van der Waals surface area contributed by atoms with Gasteiger partial charge in [0.25, 0.3) is 0 Å². The van der Waals surface area contributed by atoms with Gasteiger partial charge in [0, 0.05) is 26.3 Å². The molecular weight excluding hydrogens is 302 g/mol. The van der Waals surface area contributed by atoms with E-state index in [2.05, 4.69) is 0 Å². The summed E-state index contributed by atoms with van der Waals surface area (Å²) in [7, 11) is -2.04. The molecule has 5 nitrogen and oxygen atoms in total. The fourth-order valence-electron chi connectivity index (χ4n) is 1.90. The van der Waals surface area contributed by atoms with Gasteiger partial charge in [-0.2, -0.15) is 4.31 Å². The molecule has 0 amide bonds. The highest BCUT2D eigenvalue weighted by molar-refractivity contribution is 7.89. The summed E-state index contributed by atoms with van der Waals surface area (Å²) in [5, 5.41) is 0. The Kier molecular flexibility index (Phi) is 6.51. The van der Waals surface area contributed by atoms with Crippen LogP contribution in [0.1, 0.15) is 25.4 Å². The third-order valence-electron chi connectivity index (χ3n) is 2.79. The molecule has 0 saturated carbocycles. The molecule has 0 radical (unpaired) electrons. The highest BCUT2D eigenvalue weighted by Gasteiger charge is 2.29. The van der Waals surface area contributed by atoms with Crippen molar-refractivity contribution in [2.75, 3.05) is 26.8 Å². The molecule has 1 heterocycles. The molecule has 116 valence electrons. The van der Waals surface area contributed by atoms with Crippen molar-refractivity contribution in [3.05, 3.63) is 17.6 Å². The zero-order chi connectivity index (χ0) is 15.3. The van der Waals surface area contributed by atoms with Crippen LogP contribution in [0.3, 0.4) is 0 Å². The molecule has 1 rings (SSSR count). The van der Waals surface area contributed by atoms with E-state index in [1.54, 1.807) is 14.0 Å². The molecule has 0 unspecified atom stereocenters. The van der Waals surface area contributed by atoms with Crippen LogP contribution in [0.15, 0.2) is 15.4 Å². The second kappa shape index (κ2) is 7.45. The van der Waals surface area contributed by atoms with E-state index in [4.69, 9.17) is 20.8 Å².